The third kappa shape index (κ3) is 3.11. The van der Waals surface area contributed by atoms with Crippen molar-refractivity contribution in [2.75, 3.05) is 0 Å². The van der Waals surface area contributed by atoms with Crippen LogP contribution in [0.5, 0.6) is 0 Å². The molecular formula is C22H28N3+. The van der Waals surface area contributed by atoms with Crippen molar-refractivity contribution in [1.82, 2.24) is 9.55 Å². The second kappa shape index (κ2) is 6.83. The summed E-state index contributed by atoms with van der Waals surface area (Å²) in [5.74, 6) is 2.03. The van der Waals surface area contributed by atoms with Crippen LogP contribution in [0.2, 0.25) is 0 Å². The molecule has 2 aromatic heterocycles. The summed E-state index contributed by atoms with van der Waals surface area (Å²) in [6, 6.07) is 10.8. The predicted octanol–water partition coefficient (Wildman–Crippen LogP) is 4.92. The Morgan fingerprint density at radius 2 is 1.60 bits per heavy atom. The number of benzene rings is 1. The van der Waals surface area contributed by atoms with Crippen LogP contribution in [0.1, 0.15) is 56.2 Å². The van der Waals surface area contributed by atoms with Gasteiger partial charge in [-0.1, -0.05) is 52.0 Å². The fraction of sp³-hybridized carbons (Fsp3) is 0.364. The molecule has 3 rings (SSSR count). The minimum absolute atomic E-state index is 0.457. The molecule has 0 bridgehead atoms. The summed E-state index contributed by atoms with van der Waals surface area (Å²) in [6.07, 6.45) is 6.15. The van der Waals surface area contributed by atoms with Crippen molar-refractivity contribution in [2.45, 2.75) is 46.5 Å². The molecule has 0 radical (unpaired) electrons. The van der Waals surface area contributed by atoms with E-state index in [9.17, 15) is 0 Å². The summed E-state index contributed by atoms with van der Waals surface area (Å²) >= 11 is 0. The molecule has 0 N–H and O–H groups in total. The van der Waals surface area contributed by atoms with Gasteiger partial charge in [0.15, 0.2) is 5.69 Å². The van der Waals surface area contributed by atoms with Crippen LogP contribution in [0, 0.1) is 6.92 Å². The van der Waals surface area contributed by atoms with Crippen LogP contribution in [0.4, 0.5) is 0 Å². The van der Waals surface area contributed by atoms with E-state index in [1.165, 1.54) is 22.4 Å². The maximum absolute atomic E-state index is 4.68. The molecule has 3 heteroatoms. The van der Waals surface area contributed by atoms with Crippen molar-refractivity contribution < 1.29 is 4.57 Å². The van der Waals surface area contributed by atoms with Gasteiger partial charge in [0.25, 0.3) is 0 Å². The first kappa shape index (κ1) is 17.4. The summed E-state index contributed by atoms with van der Waals surface area (Å²) in [5, 5.41) is 0. The lowest BCUT2D eigenvalue weighted by Gasteiger charge is -2.17. The molecule has 0 fully saturated rings. The van der Waals surface area contributed by atoms with E-state index in [1.54, 1.807) is 0 Å². The molecule has 3 nitrogen and oxygen atoms in total. The number of pyridine rings is 1. The molecule has 0 spiro atoms. The highest BCUT2D eigenvalue weighted by molar-refractivity contribution is 5.60. The number of aromatic nitrogens is 3. The third-order valence-corrected chi connectivity index (χ3v) is 4.81. The van der Waals surface area contributed by atoms with Crippen LogP contribution in [0.25, 0.3) is 17.2 Å². The maximum Gasteiger partial charge on any atom is 0.313 e. The standard InChI is InChI=1S/C22H28N3/c1-15(2)18-10-7-11-19(16(3)4)21(18)25-14-13-24(6)22(25)20-17(5)9-8-12-23-20/h7-16H,1-6H3/q+1. The quantitative estimate of drug-likeness (QED) is 0.621. The summed E-state index contributed by atoms with van der Waals surface area (Å²) < 4.78 is 4.48. The first-order valence-electron chi connectivity index (χ1n) is 9.04. The fourth-order valence-corrected chi connectivity index (χ4v) is 3.45. The summed E-state index contributed by atoms with van der Waals surface area (Å²) in [5.41, 5.74) is 6.26. The Hall–Kier alpha value is -2.42. The zero-order chi connectivity index (χ0) is 18.1. The monoisotopic (exact) mass is 334 g/mol. The lowest BCUT2D eigenvalue weighted by molar-refractivity contribution is -0.659. The Labute approximate surface area is 151 Å². The van der Waals surface area contributed by atoms with Gasteiger partial charge in [-0.3, -0.25) is 0 Å². The van der Waals surface area contributed by atoms with Gasteiger partial charge in [0.2, 0.25) is 0 Å². The van der Waals surface area contributed by atoms with Crippen molar-refractivity contribution in [1.29, 1.82) is 0 Å². The number of hydrogen-bond acceptors (Lipinski definition) is 1. The number of para-hydroxylation sites is 1. The van der Waals surface area contributed by atoms with Crippen molar-refractivity contribution in [3.05, 3.63) is 65.6 Å². The normalized spacial score (nSPS) is 11.5. The molecular weight excluding hydrogens is 306 g/mol. The minimum Gasteiger partial charge on any atom is -0.248 e. The maximum atomic E-state index is 4.68. The lowest BCUT2D eigenvalue weighted by atomic mass is 9.92. The topological polar surface area (TPSA) is 21.7 Å². The Kier molecular flexibility index (Phi) is 4.76. The third-order valence-electron chi connectivity index (χ3n) is 4.81. The van der Waals surface area contributed by atoms with Crippen LogP contribution in [0.15, 0.2) is 48.9 Å². The summed E-state index contributed by atoms with van der Waals surface area (Å²) in [6.45, 7) is 11.2. The number of aryl methyl sites for hydroxylation is 2. The predicted molar refractivity (Wildman–Crippen MR) is 103 cm³/mol. The van der Waals surface area contributed by atoms with Crippen LogP contribution >= 0.6 is 0 Å². The molecule has 0 aliphatic rings. The first-order valence-corrected chi connectivity index (χ1v) is 9.04. The molecule has 0 unspecified atom stereocenters. The van der Waals surface area contributed by atoms with Crippen molar-refractivity contribution >= 4 is 0 Å². The first-order chi connectivity index (χ1) is 11.9. The van der Waals surface area contributed by atoms with Crippen molar-refractivity contribution in [2.24, 2.45) is 7.05 Å². The van der Waals surface area contributed by atoms with E-state index in [0.29, 0.717) is 11.8 Å². The molecule has 0 aliphatic heterocycles. The minimum atomic E-state index is 0.457. The summed E-state index contributed by atoms with van der Waals surface area (Å²) in [4.78, 5) is 4.68. The van der Waals surface area contributed by atoms with Crippen LogP contribution < -0.4 is 4.57 Å². The van der Waals surface area contributed by atoms with Crippen molar-refractivity contribution in [3.63, 3.8) is 0 Å². The van der Waals surface area contributed by atoms with E-state index in [-0.39, 0.29) is 0 Å². The molecule has 0 atom stereocenters. The van der Waals surface area contributed by atoms with E-state index >= 15 is 0 Å². The number of imidazole rings is 1. The summed E-state index contributed by atoms with van der Waals surface area (Å²) in [7, 11) is 2.09. The fourth-order valence-electron chi connectivity index (χ4n) is 3.45. The molecule has 130 valence electrons. The van der Waals surface area contributed by atoms with Gasteiger partial charge >= 0.3 is 5.82 Å². The smallest absolute Gasteiger partial charge is 0.248 e. The van der Waals surface area contributed by atoms with E-state index in [4.69, 9.17) is 0 Å². The lowest BCUT2D eigenvalue weighted by Crippen LogP contribution is -2.30. The Morgan fingerprint density at radius 3 is 2.16 bits per heavy atom. The van der Waals surface area contributed by atoms with E-state index in [0.717, 1.165) is 11.5 Å². The molecule has 0 amide bonds. The molecule has 2 heterocycles. The van der Waals surface area contributed by atoms with Gasteiger partial charge in [0, 0.05) is 17.3 Å². The van der Waals surface area contributed by atoms with Gasteiger partial charge in [-0.25, -0.2) is 9.55 Å². The number of nitrogens with zero attached hydrogens (tertiary/aromatic N) is 3. The van der Waals surface area contributed by atoms with Gasteiger partial charge in [-0.2, -0.15) is 4.57 Å². The molecule has 1 aromatic carbocycles. The average molecular weight is 334 g/mol. The zero-order valence-electron chi connectivity index (χ0n) is 16.1. The van der Waals surface area contributed by atoms with Gasteiger partial charge in [0.1, 0.15) is 18.1 Å². The highest BCUT2D eigenvalue weighted by Crippen LogP contribution is 2.33. The van der Waals surface area contributed by atoms with Gasteiger partial charge in [0.05, 0.1) is 7.05 Å². The second-order valence-corrected chi connectivity index (χ2v) is 7.37. The molecule has 0 aliphatic carbocycles. The highest BCUT2D eigenvalue weighted by atomic mass is 15.2. The Bertz CT molecular complexity index is 862. The van der Waals surface area contributed by atoms with Crippen LogP contribution in [-0.2, 0) is 7.05 Å². The largest absolute Gasteiger partial charge is 0.313 e. The van der Waals surface area contributed by atoms with Crippen LogP contribution in [0.3, 0.4) is 0 Å². The SMILES string of the molecule is Cc1cccnc1-c1n(-c2c(C(C)C)cccc2C(C)C)cc[n+]1C. The average Bonchev–Trinajstić information content (AvgIpc) is 2.95. The van der Waals surface area contributed by atoms with Crippen LogP contribution in [-0.4, -0.2) is 9.55 Å². The molecule has 3 aromatic rings. The van der Waals surface area contributed by atoms with E-state index in [1.807, 2.05) is 12.3 Å². The van der Waals surface area contributed by atoms with Gasteiger partial charge in [-0.05, 0) is 30.4 Å². The number of hydrogen-bond donors (Lipinski definition) is 0. The van der Waals surface area contributed by atoms with Gasteiger partial charge < -0.3 is 0 Å². The zero-order valence-corrected chi connectivity index (χ0v) is 16.1. The van der Waals surface area contributed by atoms with Gasteiger partial charge in [-0.15, -0.1) is 0 Å². The Morgan fingerprint density at radius 1 is 0.960 bits per heavy atom. The van der Waals surface area contributed by atoms with E-state index < -0.39 is 0 Å². The Balaban J connectivity index is 2.35. The van der Waals surface area contributed by atoms with E-state index in [2.05, 4.69) is 92.4 Å². The molecule has 25 heavy (non-hydrogen) atoms. The number of rotatable bonds is 4. The molecule has 0 saturated heterocycles. The second-order valence-electron chi connectivity index (χ2n) is 7.37. The van der Waals surface area contributed by atoms with Crippen molar-refractivity contribution in [3.8, 4) is 17.2 Å². The highest BCUT2D eigenvalue weighted by Gasteiger charge is 2.27. The molecule has 0 saturated carbocycles.